The van der Waals surface area contributed by atoms with Gasteiger partial charge in [0.05, 0.1) is 12.4 Å². The van der Waals surface area contributed by atoms with Gasteiger partial charge in [0.25, 0.3) is 0 Å². The molecule has 3 atom stereocenters. The molecule has 0 bridgehead atoms. The summed E-state index contributed by atoms with van der Waals surface area (Å²) in [6.07, 6.45) is 7.65. The van der Waals surface area contributed by atoms with Gasteiger partial charge in [-0.3, -0.25) is 0 Å². The molecule has 0 saturated heterocycles. The Labute approximate surface area is 120 Å². The maximum Gasteiger partial charge on any atom is 0.133 e. The molecular formula is C16H25NO3. The van der Waals surface area contributed by atoms with Crippen LogP contribution >= 0.6 is 0 Å². The van der Waals surface area contributed by atoms with Crippen molar-refractivity contribution in [3.63, 3.8) is 0 Å². The van der Waals surface area contributed by atoms with E-state index in [-0.39, 0.29) is 0 Å². The minimum Gasteiger partial charge on any atom is -0.467 e. The van der Waals surface area contributed by atoms with Crippen LogP contribution in [-0.4, -0.2) is 30.4 Å². The Hall–Kier alpha value is -0.840. The standard InChI is InChI=1S/C16H25NO3/c1-2-19-15-10-14(16(15)7-3-4-8-16)17-11-12(18)13-6-5-9-20-13/h5-6,9,12,14-15,17-18H,2-4,7-8,10-11H2,1H3/t12-,14+,15-/m1/s1. The minimum absolute atomic E-state index is 0.318. The van der Waals surface area contributed by atoms with Crippen molar-refractivity contribution in [2.75, 3.05) is 13.2 Å². The van der Waals surface area contributed by atoms with Gasteiger partial charge in [-0.15, -0.1) is 0 Å². The van der Waals surface area contributed by atoms with E-state index in [1.54, 1.807) is 6.26 Å². The molecule has 2 N–H and O–H groups in total. The lowest BCUT2D eigenvalue weighted by atomic mass is 9.60. The molecule has 1 heterocycles. The summed E-state index contributed by atoms with van der Waals surface area (Å²) in [5, 5.41) is 13.6. The number of rotatable bonds is 6. The lowest BCUT2D eigenvalue weighted by molar-refractivity contribution is -0.131. The number of hydrogen-bond donors (Lipinski definition) is 2. The first-order valence-electron chi connectivity index (χ1n) is 7.82. The third kappa shape index (κ3) is 2.41. The maximum atomic E-state index is 10.1. The van der Waals surface area contributed by atoms with E-state index in [9.17, 15) is 5.11 Å². The Bertz CT molecular complexity index is 411. The van der Waals surface area contributed by atoms with E-state index in [0.717, 1.165) is 13.0 Å². The van der Waals surface area contributed by atoms with E-state index in [2.05, 4.69) is 12.2 Å². The van der Waals surface area contributed by atoms with Gasteiger partial charge in [0.15, 0.2) is 0 Å². The molecule has 2 aliphatic rings. The predicted octanol–water partition coefficient (Wildman–Crippen LogP) is 2.64. The van der Waals surface area contributed by atoms with Crippen LogP contribution in [0.25, 0.3) is 0 Å². The summed E-state index contributed by atoms with van der Waals surface area (Å²) in [5.74, 6) is 0.638. The van der Waals surface area contributed by atoms with Crippen LogP contribution in [0.15, 0.2) is 22.8 Å². The molecule has 4 nitrogen and oxygen atoms in total. The third-order valence-corrected chi connectivity index (χ3v) is 5.12. The first kappa shape index (κ1) is 14.1. The van der Waals surface area contributed by atoms with E-state index in [4.69, 9.17) is 9.15 Å². The number of hydrogen-bond acceptors (Lipinski definition) is 4. The zero-order valence-corrected chi connectivity index (χ0v) is 12.2. The van der Waals surface area contributed by atoms with Gasteiger partial charge in [-0.2, -0.15) is 0 Å². The highest BCUT2D eigenvalue weighted by Gasteiger charge is 2.56. The Morgan fingerprint density at radius 1 is 1.50 bits per heavy atom. The van der Waals surface area contributed by atoms with Crippen molar-refractivity contribution >= 4 is 0 Å². The van der Waals surface area contributed by atoms with Crippen molar-refractivity contribution in [1.82, 2.24) is 5.32 Å². The molecule has 0 amide bonds. The molecule has 2 aliphatic carbocycles. The first-order valence-corrected chi connectivity index (χ1v) is 7.82. The molecule has 112 valence electrons. The average molecular weight is 279 g/mol. The normalized spacial score (nSPS) is 29.5. The summed E-state index contributed by atoms with van der Waals surface area (Å²) in [6, 6.07) is 4.11. The average Bonchev–Trinajstić information content (AvgIpc) is 3.13. The smallest absolute Gasteiger partial charge is 0.133 e. The van der Waals surface area contributed by atoms with Crippen LogP contribution in [0.3, 0.4) is 0 Å². The maximum absolute atomic E-state index is 10.1. The molecule has 0 aromatic carbocycles. The molecule has 0 radical (unpaired) electrons. The molecule has 0 aliphatic heterocycles. The van der Waals surface area contributed by atoms with Crippen LogP contribution in [0, 0.1) is 5.41 Å². The van der Waals surface area contributed by atoms with Crippen LogP contribution in [0.5, 0.6) is 0 Å². The molecule has 4 heteroatoms. The Kier molecular flexibility index (Phi) is 4.15. The van der Waals surface area contributed by atoms with Gasteiger partial charge in [-0.1, -0.05) is 12.8 Å². The molecule has 1 spiro atoms. The summed E-state index contributed by atoms with van der Waals surface area (Å²) in [5.41, 5.74) is 0.318. The van der Waals surface area contributed by atoms with Crippen molar-refractivity contribution in [2.45, 2.75) is 57.3 Å². The second-order valence-electron chi connectivity index (χ2n) is 6.11. The fourth-order valence-corrected chi connectivity index (χ4v) is 4.01. The van der Waals surface area contributed by atoms with Crippen molar-refractivity contribution in [2.24, 2.45) is 5.41 Å². The summed E-state index contributed by atoms with van der Waals surface area (Å²) in [4.78, 5) is 0. The van der Waals surface area contributed by atoms with Crippen molar-refractivity contribution < 1.29 is 14.3 Å². The molecule has 3 rings (SSSR count). The van der Waals surface area contributed by atoms with Crippen LogP contribution < -0.4 is 5.32 Å². The quantitative estimate of drug-likeness (QED) is 0.840. The summed E-state index contributed by atoms with van der Waals surface area (Å²) in [6.45, 7) is 3.43. The largest absolute Gasteiger partial charge is 0.467 e. The van der Waals surface area contributed by atoms with Crippen molar-refractivity contribution in [3.05, 3.63) is 24.2 Å². The molecule has 2 fully saturated rings. The second-order valence-corrected chi connectivity index (χ2v) is 6.11. The predicted molar refractivity (Wildman–Crippen MR) is 76.4 cm³/mol. The number of aliphatic hydroxyl groups excluding tert-OH is 1. The van der Waals surface area contributed by atoms with E-state index < -0.39 is 6.10 Å². The van der Waals surface area contributed by atoms with Crippen LogP contribution in [0.1, 0.15) is 50.9 Å². The fourth-order valence-electron chi connectivity index (χ4n) is 4.01. The van der Waals surface area contributed by atoms with E-state index >= 15 is 0 Å². The van der Waals surface area contributed by atoms with Gasteiger partial charge in [0.2, 0.25) is 0 Å². The van der Waals surface area contributed by atoms with Gasteiger partial charge >= 0.3 is 0 Å². The van der Waals surface area contributed by atoms with Gasteiger partial charge < -0.3 is 19.6 Å². The summed E-state index contributed by atoms with van der Waals surface area (Å²) < 4.78 is 11.1. The van der Waals surface area contributed by atoms with Crippen LogP contribution in [-0.2, 0) is 4.74 Å². The van der Waals surface area contributed by atoms with E-state index in [1.807, 2.05) is 12.1 Å². The minimum atomic E-state index is -0.561. The number of furan rings is 1. The number of ether oxygens (including phenoxy) is 1. The van der Waals surface area contributed by atoms with Gasteiger partial charge in [0, 0.05) is 24.6 Å². The first-order chi connectivity index (χ1) is 9.76. The molecule has 2 saturated carbocycles. The number of nitrogens with one attached hydrogen (secondary N) is 1. The van der Waals surface area contributed by atoms with Crippen molar-refractivity contribution in [1.29, 1.82) is 0 Å². The monoisotopic (exact) mass is 279 g/mol. The topological polar surface area (TPSA) is 54.6 Å². The zero-order valence-electron chi connectivity index (χ0n) is 12.2. The fraction of sp³-hybridized carbons (Fsp3) is 0.750. The number of aliphatic hydroxyl groups is 1. The molecule has 1 aromatic rings. The highest BCUT2D eigenvalue weighted by molar-refractivity contribution is 5.11. The SMILES string of the molecule is CCO[C@@H]1C[C@H](NC[C@@H](O)c2ccco2)C12CCCC2. The Morgan fingerprint density at radius 2 is 2.30 bits per heavy atom. The lowest BCUT2D eigenvalue weighted by Gasteiger charge is -2.54. The van der Waals surface area contributed by atoms with Gasteiger partial charge in [-0.05, 0) is 38.3 Å². The Balaban J connectivity index is 1.55. The van der Waals surface area contributed by atoms with E-state index in [0.29, 0.717) is 29.9 Å². The van der Waals surface area contributed by atoms with Crippen LogP contribution in [0.4, 0.5) is 0 Å². The van der Waals surface area contributed by atoms with Gasteiger partial charge in [0.1, 0.15) is 11.9 Å². The zero-order chi connectivity index (χ0) is 14.0. The summed E-state index contributed by atoms with van der Waals surface area (Å²) in [7, 11) is 0. The van der Waals surface area contributed by atoms with Crippen molar-refractivity contribution in [3.8, 4) is 0 Å². The molecule has 20 heavy (non-hydrogen) atoms. The van der Waals surface area contributed by atoms with Gasteiger partial charge in [-0.25, -0.2) is 0 Å². The third-order valence-electron chi connectivity index (χ3n) is 5.12. The highest BCUT2D eigenvalue weighted by Crippen LogP contribution is 2.54. The van der Waals surface area contributed by atoms with E-state index in [1.165, 1.54) is 25.7 Å². The lowest BCUT2D eigenvalue weighted by Crippen LogP contribution is -2.63. The molecular weight excluding hydrogens is 254 g/mol. The molecule has 0 unspecified atom stereocenters. The summed E-state index contributed by atoms with van der Waals surface area (Å²) >= 11 is 0. The highest BCUT2D eigenvalue weighted by atomic mass is 16.5. The Morgan fingerprint density at radius 3 is 2.95 bits per heavy atom. The second kappa shape index (κ2) is 5.88. The van der Waals surface area contributed by atoms with Crippen LogP contribution in [0.2, 0.25) is 0 Å². The molecule has 1 aromatic heterocycles.